The molecule has 84 valence electrons. The van der Waals surface area contributed by atoms with Gasteiger partial charge in [-0.05, 0) is 18.4 Å². The van der Waals surface area contributed by atoms with Crippen LogP contribution in [-0.4, -0.2) is 22.1 Å². The van der Waals surface area contributed by atoms with Gasteiger partial charge in [0.15, 0.2) is 0 Å². The molecule has 0 bridgehead atoms. The second kappa shape index (κ2) is 4.94. The summed E-state index contributed by atoms with van der Waals surface area (Å²) >= 11 is 1.65. The van der Waals surface area contributed by atoms with Gasteiger partial charge in [0.1, 0.15) is 0 Å². The van der Waals surface area contributed by atoms with Crippen molar-refractivity contribution in [1.82, 2.24) is 9.55 Å². The van der Waals surface area contributed by atoms with Gasteiger partial charge in [-0.3, -0.25) is 0 Å². The molecule has 0 amide bonds. The number of imidazole rings is 1. The lowest BCUT2D eigenvalue weighted by atomic mass is 10.4. The van der Waals surface area contributed by atoms with Crippen LogP contribution >= 0.6 is 11.3 Å². The zero-order valence-electron chi connectivity index (χ0n) is 8.92. The lowest BCUT2D eigenvalue weighted by Gasteiger charge is -2.05. The van der Waals surface area contributed by atoms with Gasteiger partial charge in [-0.1, -0.05) is 6.07 Å². The molecule has 0 fully saturated rings. The molecule has 2 aromatic rings. The Bertz CT molecular complexity index is 462. The average Bonchev–Trinajstić information content (AvgIpc) is 2.90. The number of carbonyl (C=O) groups is 1. The number of rotatable bonds is 4. The Kier molecular flexibility index (Phi) is 3.36. The van der Waals surface area contributed by atoms with E-state index in [1.807, 2.05) is 17.5 Å². The molecule has 4 nitrogen and oxygen atoms in total. The summed E-state index contributed by atoms with van der Waals surface area (Å²) in [5.41, 5.74) is 0. The molecule has 5 heteroatoms. The molecule has 0 N–H and O–H groups in total. The minimum Gasteiger partial charge on any atom is -0.460 e. The molecular formula is C11H12N2O2S. The molecule has 0 saturated heterocycles. The third kappa shape index (κ3) is 2.30. The van der Waals surface area contributed by atoms with E-state index < -0.39 is 0 Å². The maximum atomic E-state index is 11.6. The van der Waals surface area contributed by atoms with Gasteiger partial charge in [-0.15, -0.1) is 11.3 Å². The molecule has 2 rings (SSSR count). The Morgan fingerprint density at radius 2 is 2.50 bits per heavy atom. The molecule has 0 aliphatic rings. The normalized spacial score (nSPS) is 10.3. The van der Waals surface area contributed by atoms with Crippen LogP contribution < -0.4 is 0 Å². The first-order valence-electron chi connectivity index (χ1n) is 5.02. The van der Waals surface area contributed by atoms with Crippen molar-refractivity contribution in [3.63, 3.8) is 0 Å². The predicted molar refractivity (Wildman–Crippen MR) is 61.6 cm³/mol. The fourth-order valence-corrected chi connectivity index (χ4v) is 2.10. The first-order chi connectivity index (χ1) is 7.81. The molecule has 2 aromatic heterocycles. The van der Waals surface area contributed by atoms with Crippen molar-refractivity contribution >= 4 is 17.3 Å². The minimum absolute atomic E-state index is 0.357. The third-order valence-corrected chi connectivity index (χ3v) is 2.94. The standard InChI is InChI=1S/C11H12N2O2S/c1-2-15-11(14)10-12-5-6-13(10)8-9-4-3-7-16-9/h3-7H,2,8H2,1H3. The second-order valence-corrected chi connectivity index (χ2v) is 4.21. The zero-order valence-corrected chi connectivity index (χ0v) is 9.74. The lowest BCUT2D eigenvalue weighted by molar-refractivity contribution is 0.0507. The molecule has 0 aromatic carbocycles. The van der Waals surface area contributed by atoms with Gasteiger partial charge in [0.2, 0.25) is 5.82 Å². The molecule has 0 spiro atoms. The van der Waals surface area contributed by atoms with E-state index in [4.69, 9.17) is 4.74 Å². The van der Waals surface area contributed by atoms with Crippen LogP contribution in [-0.2, 0) is 11.3 Å². The number of thiophene rings is 1. The molecule has 0 radical (unpaired) electrons. The van der Waals surface area contributed by atoms with Crippen LogP contribution in [0.5, 0.6) is 0 Å². The van der Waals surface area contributed by atoms with Crippen molar-refractivity contribution in [3.05, 3.63) is 40.6 Å². The van der Waals surface area contributed by atoms with E-state index in [1.54, 1.807) is 35.2 Å². The maximum Gasteiger partial charge on any atom is 0.374 e. The summed E-state index contributed by atoms with van der Waals surface area (Å²) in [5.74, 6) is -0.0145. The molecule has 0 unspecified atom stereocenters. The summed E-state index contributed by atoms with van der Waals surface area (Å²) < 4.78 is 6.72. The van der Waals surface area contributed by atoms with Crippen LogP contribution in [0, 0.1) is 0 Å². The van der Waals surface area contributed by atoms with E-state index in [2.05, 4.69) is 4.98 Å². The van der Waals surface area contributed by atoms with Crippen molar-refractivity contribution in [2.45, 2.75) is 13.5 Å². The van der Waals surface area contributed by atoms with Gasteiger partial charge in [0.05, 0.1) is 13.2 Å². The Hall–Kier alpha value is -1.62. The van der Waals surface area contributed by atoms with E-state index in [9.17, 15) is 4.79 Å². The highest BCUT2D eigenvalue weighted by atomic mass is 32.1. The Balaban J connectivity index is 2.16. The molecule has 0 atom stereocenters. The number of hydrogen-bond donors (Lipinski definition) is 0. The smallest absolute Gasteiger partial charge is 0.374 e. The summed E-state index contributed by atoms with van der Waals surface area (Å²) in [6.07, 6.45) is 3.39. The molecule has 0 aliphatic carbocycles. The highest BCUT2D eigenvalue weighted by Crippen LogP contribution is 2.12. The summed E-state index contributed by atoms with van der Waals surface area (Å²) in [5, 5.41) is 2.01. The van der Waals surface area contributed by atoms with E-state index in [0.717, 1.165) is 0 Å². The quantitative estimate of drug-likeness (QED) is 0.764. The van der Waals surface area contributed by atoms with Crippen LogP contribution in [0.3, 0.4) is 0 Å². The maximum absolute atomic E-state index is 11.6. The van der Waals surface area contributed by atoms with Crippen molar-refractivity contribution in [1.29, 1.82) is 0 Å². The second-order valence-electron chi connectivity index (χ2n) is 3.18. The Morgan fingerprint density at radius 3 is 3.19 bits per heavy atom. The minimum atomic E-state index is -0.371. The van der Waals surface area contributed by atoms with Gasteiger partial charge in [-0.25, -0.2) is 9.78 Å². The number of hydrogen-bond acceptors (Lipinski definition) is 4. The summed E-state index contributed by atoms with van der Waals surface area (Å²) in [7, 11) is 0. The Labute approximate surface area is 97.5 Å². The van der Waals surface area contributed by atoms with Crippen molar-refractivity contribution in [2.75, 3.05) is 6.61 Å². The summed E-state index contributed by atoms with van der Waals surface area (Å²) in [4.78, 5) is 16.7. The number of aromatic nitrogens is 2. The highest BCUT2D eigenvalue weighted by Gasteiger charge is 2.13. The lowest BCUT2D eigenvalue weighted by Crippen LogP contribution is -2.13. The average molecular weight is 236 g/mol. The molecule has 0 saturated carbocycles. The highest BCUT2D eigenvalue weighted by molar-refractivity contribution is 7.09. The van der Waals surface area contributed by atoms with Crippen molar-refractivity contribution < 1.29 is 9.53 Å². The topological polar surface area (TPSA) is 44.1 Å². The van der Waals surface area contributed by atoms with Crippen LogP contribution in [0.1, 0.15) is 22.4 Å². The molecular weight excluding hydrogens is 224 g/mol. The third-order valence-electron chi connectivity index (χ3n) is 2.08. The number of carbonyl (C=O) groups excluding carboxylic acids is 1. The van der Waals surface area contributed by atoms with Gasteiger partial charge < -0.3 is 9.30 Å². The molecule has 2 heterocycles. The largest absolute Gasteiger partial charge is 0.460 e. The van der Waals surface area contributed by atoms with Crippen LogP contribution in [0.25, 0.3) is 0 Å². The van der Waals surface area contributed by atoms with Gasteiger partial charge in [0.25, 0.3) is 0 Å². The SMILES string of the molecule is CCOC(=O)c1nccn1Cc1cccs1. The predicted octanol–water partition coefficient (Wildman–Crippen LogP) is 2.17. The van der Waals surface area contributed by atoms with E-state index in [0.29, 0.717) is 19.0 Å². The first kappa shape index (κ1) is 10.9. The van der Waals surface area contributed by atoms with Crippen LogP contribution in [0.15, 0.2) is 29.9 Å². The number of ether oxygens (including phenoxy) is 1. The molecule has 16 heavy (non-hydrogen) atoms. The monoisotopic (exact) mass is 236 g/mol. The van der Waals surface area contributed by atoms with Crippen LogP contribution in [0.4, 0.5) is 0 Å². The molecule has 0 aliphatic heterocycles. The van der Waals surface area contributed by atoms with E-state index in [1.165, 1.54) is 4.88 Å². The summed E-state index contributed by atoms with van der Waals surface area (Å²) in [6.45, 7) is 2.81. The van der Waals surface area contributed by atoms with Gasteiger partial charge in [0, 0.05) is 17.3 Å². The van der Waals surface area contributed by atoms with Gasteiger partial charge >= 0.3 is 5.97 Å². The van der Waals surface area contributed by atoms with Crippen molar-refractivity contribution in [3.8, 4) is 0 Å². The van der Waals surface area contributed by atoms with E-state index in [-0.39, 0.29) is 5.97 Å². The summed E-state index contributed by atoms with van der Waals surface area (Å²) in [6, 6.07) is 4.01. The fourth-order valence-electron chi connectivity index (χ4n) is 1.39. The number of nitrogens with zero attached hydrogens (tertiary/aromatic N) is 2. The fraction of sp³-hybridized carbons (Fsp3) is 0.273. The first-order valence-corrected chi connectivity index (χ1v) is 5.90. The Morgan fingerprint density at radius 1 is 1.62 bits per heavy atom. The van der Waals surface area contributed by atoms with Crippen molar-refractivity contribution in [2.24, 2.45) is 0 Å². The zero-order chi connectivity index (χ0) is 11.4. The van der Waals surface area contributed by atoms with Gasteiger partial charge in [-0.2, -0.15) is 0 Å². The van der Waals surface area contributed by atoms with E-state index >= 15 is 0 Å². The number of esters is 1. The van der Waals surface area contributed by atoms with Crippen LogP contribution in [0.2, 0.25) is 0 Å².